The minimum atomic E-state index is 0.416. The van der Waals surface area contributed by atoms with E-state index in [0.29, 0.717) is 11.3 Å². The second-order valence-electron chi connectivity index (χ2n) is 7.49. The molecule has 0 amide bonds. The van der Waals surface area contributed by atoms with E-state index in [9.17, 15) is 0 Å². The largest absolute Gasteiger partial charge is 0.330 e. The van der Waals surface area contributed by atoms with E-state index >= 15 is 0 Å². The van der Waals surface area contributed by atoms with Crippen molar-refractivity contribution in [2.24, 2.45) is 23.0 Å². The fraction of sp³-hybridized carbons (Fsp3) is 1.00. The Morgan fingerprint density at radius 1 is 1.18 bits per heavy atom. The van der Waals surface area contributed by atoms with Gasteiger partial charge in [0.2, 0.25) is 0 Å². The molecule has 1 atom stereocenters. The Labute approximate surface area is 107 Å². The van der Waals surface area contributed by atoms with Crippen LogP contribution in [0.1, 0.15) is 52.9 Å². The topological polar surface area (TPSA) is 29.3 Å². The first-order chi connectivity index (χ1) is 7.98. The highest BCUT2D eigenvalue weighted by Crippen LogP contribution is 2.36. The summed E-state index contributed by atoms with van der Waals surface area (Å²) < 4.78 is 0. The maximum atomic E-state index is 5.97. The van der Waals surface area contributed by atoms with E-state index in [0.717, 1.165) is 18.5 Å². The molecule has 1 unspecified atom stereocenters. The summed E-state index contributed by atoms with van der Waals surface area (Å²) in [6.45, 7) is 10.4. The van der Waals surface area contributed by atoms with Gasteiger partial charge in [0, 0.05) is 19.1 Å². The molecule has 0 aromatic rings. The highest BCUT2D eigenvalue weighted by molar-refractivity contribution is 4.89. The van der Waals surface area contributed by atoms with Gasteiger partial charge in [-0.15, -0.1) is 0 Å². The fourth-order valence-corrected chi connectivity index (χ4v) is 2.86. The Balaban J connectivity index is 1.81. The molecule has 17 heavy (non-hydrogen) atoms. The molecule has 0 spiro atoms. The van der Waals surface area contributed by atoms with Crippen LogP contribution in [-0.2, 0) is 0 Å². The molecule has 0 aliphatic heterocycles. The van der Waals surface area contributed by atoms with Crippen molar-refractivity contribution in [2.75, 3.05) is 19.6 Å². The third kappa shape index (κ3) is 4.97. The van der Waals surface area contributed by atoms with Gasteiger partial charge in [-0.25, -0.2) is 0 Å². The van der Waals surface area contributed by atoms with Crippen molar-refractivity contribution in [1.82, 2.24) is 4.90 Å². The van der Waals surface area contributed by atoms with Gasteiger partial charge in [0.1, 0.15) is 0 Å². The molecule has 2 aliphatic rings. The summed E-state index contributed by atoms with van der Waals surface area (Å²) >= 11 is 0. The van der Waals surface area contributed by atoms with Gasteiger partial charge in [-0.1, -0.05) is 20.8 Å². The summed E-state index contributed by atoms with van der Waals surface area (Å²) in [7, 11) is 0. The van der Waals surface area contributed by atoms with Crippen molar-refractivity contribution in [3.05, 3.63) is 0 Å². The highest BCUT2D eigenvalue weighted by atomic mass is 15.2. The smallest absolute Gasteiger partial charge is 0.00966 e. The van der Waals surface area contributed by atoms with Gasteiger partial charge in [-0.3, -0.25) is 4.90 Å². The molecular weight excluding hydrogens is 208 g/mol. The van der Waals surface area contributed by atoms with Crippen LogP contribution in [0, 0.1) is 17.3 Å². The summed E-state index contributed by atoms with van der Waals surface area (Å²) in [5.41, 5.74) is 6.38. The van der Waals surface area contributed by atoms with Gasteiger partial charge < -0.3 is 5.73 Å². The Bertz CT molecular complexity index is 236. The van der Waals surface area contributed by atoms with Crippen molar-refractivity contribution in [3.8, 4) is 0 Å². The van der Waals surface area contributed by atoms with Gasteiger partial charge in [0.05, 0.1) is 0 Å². The van der Waals surface area contributed by atoms with E-state index in [-0.39, 0.29) is 0 Å². The predicted octanol–water partition coefficient (Wildman–Crippen LogP) is 2.87. The Kier molecular flexibility index (Phi) is 4.14. The molecule has 2 aliphatic carbocycles. The van der Waals surface area contributed by atoms with E-state index in [1.54, 1.807) is 0 Å². The van der Waals surface area contributed by atoms with Crippen molar-refractivity contribution in [3.63, 3.8) is 0 Å². The first-order valence-electron chi connectivity index (χ1n) is 7.42. The molecule has 0 radical (unpaired) electrons. The molecule has 2 heteroatoms. The van der Waals surface area contributed by atoms with Crippen LogP contribution in [0.25, 0.3) is 0 Å². The number of nitrogens with zero attached hydrogens (tertiary/aromatic N) is 1. The van der Waals surface area contributed by atoms with Crippen LogP contribution in [0.2, 0.25) is 0 Å². The van der Waals surface area contributed by atoms with Gasteiger partial charge in [0.25, 0.3) is 0 Å². The Hall–Kier alpha value is -0.0800. The van der Waals surface area contributed by atoms with Crippen LogP contribution < -0.4 is 5.73 Å². The molecule has 0 heterocycles. The predicted molar refractivity (Wildman–Crippen MR) is 73.9 cm³/mol. The number of hydrogen-bond donors (Lipinski definition) is 1. The van der Waals surface area contributed by atoms with E-state index in [4.69, 9.17) is 5.73 Å². The maximum Gasteiger partial charge on any atom is 0.00966 e. The molecule has 0 aromatic carbocycles. The van der Waals surface area contributed by atoms with E-state index in [1.807, 2.05) is 0 Å². The van der Waals surface area contributed by atoms with Crippen LogP contribution in [0.3, 0.4) is 0 Å². The van der Waals surface area contributed by atoms with Gasteiger partial charge in [-0.2, -0.15) is 0 Å². The number of hydrogen-bond acceptors (Lipinski definition) is 2. The van der Waals surface area contributed by atoms with Crippen molar-refractivity contribution in [2.45, 2.75) is 58.9 Å². The zero-order valence-corrected chi connectivity index (χ0v) is 11.9. The van der Waals surface area contributed by atoms with Gasteiger partial charge >= 0.3 is 0 Å². The van der Waals surface area contributed by atoms with Crippen LogP contribution in [0.5, 0.6) is 0 Å². The van der Waals surface area contributed by atoms with Gasteiger partial charge in [-0.05, 0) is 55.9 Å². The van der Waals surface area contributed by atoms with Crippen molar-refractivity contribution >= 4 is 0 Å². The summed E-state index contributed by atoms with van der Waals surface area (Å²) in [6, 6.07) is 0.907. The summed E-state index contributed by atoms with van der Waals surface area (Å²) in [4.78, 5) is 2.75. The zero-order chi connectivity index (χ0) is 12.5. The second kappa shape index (κ2) is 5.27. The monoisotopic (exact) mass is 238 g/mol. The van der Waals surface area contributed by atoms with Crippen LogP contribution in [0.4, 0.5) is 0 Å². The first kappa shape index (κ1) is 13.4. The third-order valence-corrected chi connectivity index (χ3v) is 3.98. The van der Waals surface area contributed by atoms with E-state index < -0.39 is 0 Å². The third-order valence-electron chi connectivity index (χ3n) is 3.98. The lowest BCUT2D eigenvalue weighted by molar-refractivity contribution is 0.181. The van der Waals surface area contributed by atoms with Crippen LogP contribution >= 0.6 is 0 Å². The van der Waals surface area contributed by atoms with Crippen molar-refractivity contribution < 1.29 is 0 Å². The normalized spacial score (nSPS) is 23.1. The quantitative estimate of drug-likeness (QED) is 0.739. The lowest BCUT2D eigenvalue weighted by Crippen LogP contribution is -2.37. The molecule has 100 valence electrons. The molecule has 2 rings (SSSR count). The molecule has 0 aromatic heterocycles. The molecule has 2 saturated carbocycles. The lowest BCUT2D eigenvalue weighted by Gasteiger charge is -2.31. The molecule has 2 nitrogen and oxygen atoms in total. The van der Waals surface area contributed by atoms with Crippen LogP contribution in [0.15, 0.2) is 0 Å². The SMILES string of the molecule is CC(C)(C)CC(CN)CN(CC1CC1)C1CC1. The molecule has 2 fully saturated rings. The van der Waals surface area contributed by atoms with E-state index in [2.05, 4.69) is 25.7 Å². The number of nitrogens with two attached hydrogens (primary N) is 1. The average molecular weight is 238 g/mol. The Morgan fingerprint density at radius 2 is 1.82 bits per heavy atom. The summed E-state index contributed by atoms with van der Waals surface area (Å²) in [5, 5.41) is 0. The highest BCUT2D eigenvalue weighted by Gasteiger charge is 2.34. The molecular formula is C15H30N2. The standard InChI is InChI=1S/C15H30N2/c1-15(2,3)8-13(9-16)11-17(14-6-7-14)10-12-4-5-12/h12-14H,4-11,16H2,1-3H3. The Morgan fingerprint density at radius 3 is 2.24 bits per heavy atom. The summed E-state index contributed by atoms with van der Waals surface area (Å²) in [6.07, 6.45) is 7.06. The maximum absolute atomic E-state index is 5.97. The minimum Gasteiger partial charge on any atom is -0.330 e. The lowest BCUT2D eigenvalue weighted by atomic mass is 9.84. The van der Waals surface area contributed by atoms with Crippen LogP contribution in [-0.4, -0.2) is 30.6 Å². The van der Waals surface area contributed by atoms with Crippen molar-refractivity contribution in [1.29, 1.82) is 0 Å². The minimum absolute atomic E-state index is 0.416. The first-order valence-corrected chi connectivity index (χ1v) is 7.42. The van der Waals surface area contributed by atoms with E-state index in [1.165, 1.54) is 45.2 Å². The molecule has 0 saturated heterocycles. The zero-order valence-electron chi connectivity index (χ0n) is 11.9. The molecule has 2 N–H and O–H groups in total. The summed E-state index contributed by atoms with van der Waals surface area (Å²) in [5.74, 6) is 1.71. The van der Waals surface area contributed by atoms with Gasteiger partial charge in [0.15, 0.2) is 0 Å². The molecule has 0 bridgehead atoms. The fourth-order valence-electron chi connectivity index (χ4n) is 2.86. The second-order valence-corrected chi connectivity index (χ2v) is 7.49. The number of rotatable bonds is 7. The average Bonchev–Trinajstić information content (AvgIpc) is 3.06.